The predicted octanol–water partition coefficient (Wildman–Crippen LogP) is 5.76. The van der Waals surface area contributed by atoms with E-state index in [0.717, 1.165) is 17.6 Å². The summed E-state index contributed by atoms with van der Waals surface area (Å²) in [6.07, 6.45) is 1.08. The minimum Gasteiger partial charge on any atom is -0.322 e. The maximum Gasteiger partial charge on any atom is 0.267 e. The van der Waals surface area contributed by atoms with Crippen LogP contribution in [0.4, 0.5) is 11.4 Å². The van der Waals surface area contributed by atoms with Crippen molar-refractivity contribution in [2.24, 2.45) is 0 Å². The van der Waals surface area contributed by atoms with Crippen molar-refractivity contribution in [3.05, 3.63) is 78.9 Å². The molecule has 1 aromatic heterocycles. The van der Waals surface area contributed by atoms with E-state index in [1.165, 1.54) is 23.6 Å². The Morgan fingerprint density at radius 1 is 0.935 bits per heavy atom. The summed E-state index contributed by atoms with van der Waals surface area (Å²) in [5.41, 5.74) is 1.21. The highest BCUT2D eigenvalue weighted by molar-refractivity contribution is 7.89. The molecule has 0 spiro atoms. The summed E-state index contributed by atoms with van der Waals surface area (Å²) in [5.74, 6) is -1.33. The van der Waals surface area contributed by atoms with Gasteiger partial charge in [0.15, 0.2) is 9.84 Å². The van der Waals surface area contributed by atoms with E-state index in [1.54, 1.807) is 24.3 Å². The summed E-state index contributed by atoms with van der Waals surface area (Å²) in [6.45, 7) is 0. The molecule has 3 aromatic rings. The summed E-state index contributed by atoms with van der Waals surface area (Å²) in [6, 6.07) is 11.0. The van der Waals surface area contributed by atoms with Gasteiger partial charge in [-0.15, -0.1) is 11.3 Å². The lowest BCUT2D eigenvalue weighted by Gasteiger charge is -2.12. The van der Waals surface area contributed by atoms with Crippen LogP contribution >= 0.6 is 46.1 Å². The van der Waals surface area contributed by atoms with Crippen molar-refractivity contribution in [2.45, 2.75) is 5.75 Å². The summed E-state index contributed by atoms with van der Waals surface area (Å²) in [7, 11) is -3.31. The lowest BCUT2D eigenvalue weighted by atomic mass is 10.1. The van der Waals surface area contributed by atoms with Crippen LogP contribution in [0.1, 0.15) is 25.6 Å². The Morgan fingerprint density at radius 3 is 2.23 bits per heavy atom. The van der Waals surface area contributed by atoms with Crippen molar-refractivity contribution in [3.63, 3.8) is 0 Å². The fourth-order valence-electron chi connectivity index (χ4n) is 2.64. The highest BCUT2D eigenvalue weighted by Crippen LogP contribution is 2.31. The van der Waals surface area contributed by atoms with Crippen LogP contribution in [-0.4, -0.2) is 26.5 Å². The molecule has 162 valence electrons. The zero-order valence-corrected chi connectivity index (χ0v) is 19.8. The van der Waals surface area contributed by atoms with Crippen LogP contribution in [0, 0.1) is 0 Å². The third-order valence-electron chi connectivity index (χ3n) is 4.00. The Labute approximate surface area is 198 Å². The number of carbonyl (C=O) groups is 2. The third kappa shape index (κ3) is 6.21. The number of halogens is 3. The number of hydrogen-bond donors (Lipinski definition) is 2. The van der Waals surface area contributed by atoms with Gasteiger partial charge in [-0.3, -0.25) is 9.59 Å². The van der Waals surface area contributed by atoms with Gasteiger partial charge in [0.05, 0.1) is 22.0 Å². The summed E-state index contributed by atoms with van der Waals surface area (Å²) < 4.78 is 23.0. The number of benzene rings is 2. The van der Waals surface area contributed by atoms with Crippen molar-refractivity contribution < 1.29 is 18.0 Å². The Bertz CT molecular complexity index is 1260. The van der Waals surface area contributed by atoms with E-state index in [9.17, 15) is 18.0 Å². The lowest BCUT2D eigenvalue weighted by molar-refractivity contribution is 0.102. The first-order valence-corrected chi connectivity index (χ1v) is 12.7. The molecule has 1 heterocycles. The number of rotatable bonds is 6. The summed E-state index contributed by atoms with van der Waals surface area (Å²) in [4.78, 5) is 25.7. The van der Waals surface area contributed by atoms with E-state index in [4.69, 9.17) is 34.8 Å². The first kappa shape index (κ1) is 23.6. The summed E-state index contributed by atoms with van der Waals surface area (Å²) in [5, 5.41) is 7.77. The average Bonchev–Trinajstić information content (AvgIpc) is 3.03. The maximum atomic E-state index is 12.8. The van der Waals surface area contributed by atoms with Gasteiger partial charge in [0.1, 0.15) is 4.88 Å². The van der Waals surface area contributed by atoms with Crippen LogP contribution in [0.25, 0.3) is 0 Å². The van der Waals surface area contributed by atoms with Gasteiger partial charge in [-0.05, 0) is 53.4 Å². The van der Waals surface area contributed by atoms with E-state index >= 15 is 0 Å². The smallest absolute Gasteiger partial charge is 0.267 e. The molecule has 0 fully saturated rings. The zero-order chi connectivity index (χ0) is 22.8. The third-order valence-corrected chi connectivity index (χ3v) is 6.89. The molecule has 31 heavy (non-hydrogen) atoms. The number of hydrogen-bond acceptors (Lipinski definition) is 5. The number of anilines is 2. The highest BCUT2D eigenvalue weighted by Gasteiger charge is 2.21. The molecule has 11 heteroatoms. The molecule has 2 N–H and O–H groups in total. The number of sulfone groups is 1. The molecule has 0 radical (unpaired) electrons. The first-order chi connectivity index (χ1) is 14.5. The van der Waals surface area contributed by atoms with Gasteiger partial charge in [-0.25, -0.2) is 8.42 Å². The van der Waals surface area contributed by atoms with Crippen LogP contribution in [0.5, 0.6) is 0 Å². The van der Waals surface area contributed by atoms with Gasteiger partial charge in [-0.2, -0.15) is 0 Å². The topological polar surface area (TPSA) is 92.3 Å². The second-order valence-electron chi connectivity index (χ2n) is 6.58. The van der Waals surface area contributed by atoms with Gasteiger partial charge in [0.2, 0.25) is 0 Å². The molecule has 3 rings (SSSR count). The second-order valence-corrected chi connectivity index (χ2v) is 10.8. The van der Waals surface area contributed by atoms with Crippen molar-refractivity contribution in [2.75, 3.05) is 16.9 Å². The highest BCUT2D eigenvalue weighted by atomic mass is 35.5. The minimum absolute atomic E-state index is 0.0639. The zero-order valence-electron chi connectivity index (χ0n) is 15.9. The van der Waals surface area contributed by atoms with Gasteiger partial charge >= 0.3 is 0 Å². The normalized spacial score (nSPS) is 11.2. The fourth-order valence-corrected chi connectivity index (χ4v) is 5.17. The monoisotopic (exact) mass is 516 g/mol. The largest absolute Gasteiger partial charge is 0.322 e. The number of carbonyl (C=O) groups excluding carboxylic acids is 2. The predicted molar refractivity (Wildman–Crippen MR) is 127 cm³/mol. The molecule has 0 saturated heterocycles. The second kappa shape index (κ2) is 9.58. The average molecular weight is 518 g/mol. The number of amides is 2. The van der Waals surface area contributed by atoms with Gasteiger partial charge < -0.3 is 10.6 Å². The van der Waals surface area contributed by atoms with Crippen molar-refractivity contribution in [1.82, 2.24) is 0 Å². The van der Waals surface area contributed by atoms with E-state index in [0.29, 0.717) is 21.3 Å². The van der Waals surface area contributed by atoms with Crippen LogP contribution < -0.4 is 10.6 Å². The molecule has 0 atom stereocenters. The molecule has 0 saturated carbocycles. The minimum atomic E-state index is -3.31. The SMILES string of the molecule is CS(=O)(=O)Cc1csc(C(=O)Nc2ccc(Cl)cc2C(=O)Nc2ccc(Cl)cc2)c1Cl. The van der Waals surface area contributed by atoms with E-state index < -0.39 is 21.7 Å². The van der Waals surface area contributed by atoms with E-state index in [-0.39, 0.29) is 26.9 Å². The van der Waals surface area contributed by atoms with E-state index in [1.807, 2.05) is 0 Å². The summed E-state index contributed by atoms with van der Waals surface area (Å²) >= 11 is 19.1. The van der Waals surface area contributed by atoms with Gasteiger partial charge in [-0.1, -0.05) is 34.8 Å². The molecular formula is C20H15Cl3N2O4S2. The molecule has 2 amide bonds. The fraction of sp³-hybridized carbons (Fsp3) is 0.100. The van der Waals surface area contributed by atoms with Crippen LogP contribution in [0.3, 0.4) is 0 Å². The number of thiophene rings is 1. The van der Waals surface area contributed by atoms with Crippen LogP contribution in [-0.2, 0) is 15.6 Å². The van der Waals surface area contributed by atoms with E-state index in [2.05, 4.69) is 10.6 Å². The van der Waals surface area contributed by atoms with Crippen molar-refractivity contribution >= 4 is 79.2 Å². The molecule has 2 aromatic carbocycles. The van der Waals surface area contributed by atoms with Crippen LogP contribution in [0.2, 0.25) is 15.1 Å². The van der Waals surface area contributed by atoms with Gasteiger partial charge in [0, 0.05) is 22.0 Å². The Kier molecular flexibility index (Phi) is 7.28. The molecule has 0 unspecified atom stereocenters. The Balaban J connectivity index is 1.84. The van der Waals surface area contributed by atoms with Gasteiger partial charge in [0.25, 0.3) is 11.8 Å². The quantitative estimate of drug-likeness (QED) is 0.435. The molecular weight excluding hydrogens is 503 g/mol. The Morgan fingerprint density at radius 2 is 1.58 bits per heavy atom. The Hall–Kier alpha value is -2.10. The molecule has 0 aliphatic carbocycles. The van der Waals surface area contributed by atoms with Crippen molar-refractivity contribution in [3.8, 4) is 0 Å². The molecule has 0 aliphatic rings. The standard InChI is InChI=1S/C20H15Cl3N2O4S2/c1-31(28,29)10-11-9-30-18(17(11)23)20(27)25-16-7-4-13(22)8-15(16)19(26)24-14-5-2-12(21)3-6-14/h2-9H,10H2,1H3,(H,24,26)(H,25,27). The molecule has 0 aliphatic heterocycles. The van der Waals surface area contributed by atoms with Crippen molar-refractivity contribution in [1.29, 1.82) is 0 Å². The molecule has 6 nitrogen and oxygen atoms in total. The number of nitrogens with one attached hydrogen (secondary N) is 2. The van der Waals surface area contributed by atoms with Crippen LogP contribution in [0.15, 0.2) is 47.8 Å². The lowest BCUT2D eigenvalue weighted by Crippen LogP contribution is -2.18. The first-order valence-electron chi connectivity index (χ1n) is 8.65. The molecule has 0 bridgehead atoms. The maximum absolute atomic E-state index is 12.8.